The third-order valence-corrected chi connectivity index (χ3v) is 3.48. The number of hydrogen-bond acceptors (Lipinski definition) is 4. The number of piperazine rings is 1. The molecule has 1 aromatic heterocycles. The topological polar surface area (TPSA) is 41.0 Å². The number of nitrogens with zero attached hydrogens (tertiary/aromatic N) is 3. The zero-order valence-electron chi connectivity index (χ0n) is 11.8. The lowest BCUT2D eigenvalue weighted by molar-refractivity contribution is -0.141. The third-order valence-electron chi connectivity index (χ3n) is 3.48. The van der Waals surface area contributed by atoms with E-state index < -0.39 is 11.9 Å². The molecular weight excluding hydrogens is 293 g/mol. The summed E-state index contributed by atoms with van der Waals surface area (Å²) in [6.45, 7) is 2.71. The van der Waals surface area contributed by atoms with Gasteiger partial charge in [0.2, 0.25) is 0 Å². The molecule has 1 fully saturated rings. The molecule has 0 atom stereocenters. The minimum atomic E-state index is -4.49. The summed E-state index contributed by atoms with van der Waals surface area (Å²) in [6.07, 6.45) is -4.49. The van der Waals surface area contributed by atoms with Crippen LogP contribution < -0.4 is 10.2 Å². The number of halogens is 3. The lowest BCUT2D eigenvalue weighted by atomic mass is 10.2. The normalized spacial score (nSPS) is 15.9. The molecule has 3 rings (SSSR count). The minimum absolute atomic E-state index is 0.101. The van der Waals surface area contributed by atoms with Crippen molar-refractivity contribution < 1.29 is 13.2 Å². The zero-order chi connectivity index (χ0) is 15.6. The molecule has 0 spiro atoms. The van der Waals surface area contributed by atoms with Crippen molar-refractivity contribution in [2.24, 2.45) is 0 Å². The van der Waals surface area contributed by atoms with Crippen LogP contribution in [0, 0.1) is 0 Å². The summed E-state index contributed by atoms with van der Waals surface area (Å²) >= 11 is 0. The number of aromatic nitrogens is 2. The molecule has 22 heavy (non-hydrogen) atoms. The minimum Gasteiger partial charge on any atom is -0.354 e. The van der Waals surface area contributed by atoms with Crippen molar-refractivity contribution in [3.05, 3.63) is 42.1 Å². The Morgan fingerprint density at radius 3 is 2.32 bits per heavy atom. The van der Waals surface area contributed by atoms with Crippen LogP contribution in [0.25, 0.3) is 11.4 Å². The Balaban J connectivity index is 2.06. The van der Waals surface area contributed by atoms with Crippen molar-refractivity contribution in [1.29, 1.82) is 0 Å². The fraction of sp³-hybridized carbons (Fsp3) is 0.333. The summed E-state index contributed by atoms with van der Waals surface area (Å²) in [5.41, 5.74) is -0.333. The fourth-order valence-electron chi connectivity index (χ4n) is 2.35. The Morgan fingerprint density at radius 2 is 1.68 bits per heavy atom. The van der Waals surface area contributed by atoms with Gasteiger partial charge in [0.1, 0.15) is 5.82 Å². The van der Waals surface area contributed by atoms with Gasteiger partial charge in [0.05, 0.1) is 0 Å². The van der Waals surface area contributed by atoms with E-state index in [2.05, 4.69) is 15.3 Å². The molecule has 116 valence electrons. The van der Waals surface area contributed by atoms with Crippen LogP contribution in [0.15, 0.2) is 36.4 Å². The van der Waals surface area contributed by atoms with Gasteiger partial charge in [-0.05, 0) is 0 Å². The van der Waals surface area contributed by atoms with E-state index in [0.717, 1.165) is 19.2 Å². The molecule has 7 heteroatoms. The van der Waals surface area contributed by atoms with Crippen molar-refractivity contribution >= 4 is 5.82 Å². The first-order chi connectivity index (χ1) is 10.5. The number of hydrogen-bond donors (Lipinski definition) is 1. The Bertz CT molecular complexity index is 637. The summed E-state index contributed by atoms with van der Waals surface area (Å²) in [4.78, 5) is 9.87. The second-order valence-corrected chi connectivity index (χ2v) is 5.04. The largest absolute Gasteiger partial charge is 0.433 e. The number of rotatable bonds is 2. The Hall–Kier alpha value is -2.15. The Labute approximate surface area is 126 Å². The van der Waals surface area contributed by atoms with Crippen LogP contribution in [0.1, 0.15) is 5.69 Å². The van der Waals surface area contributed by atoms with Crippen LogP contribution in [0.4, 0.5) is 19.0 Å². The zero-order valence-corrected chi connectivity index (χ0v) is 11.8. The van der Waals surface area contributed by atoms with Crippen LogP contribution in [0.3, 0.4) is 0 Å². The van der Waals surface area contributed by atoms with Gasteiger partial charge in [-0.2, -0.15) is 13.2 Å². The predicted molar refractivity (Wildman–Crippen MR) is 77.6 cm³/mol. The summed E-state index contributed by atoms with van der Waals surface area (Å²) in [5, 5.41) is 3.17. The quantitative estimate of drug-likeness (QED) is 0.926. The second kappa shape index (κ2) is 5.92. The van der Waals surface area contributed by atoms with Gasteiger partial charge in [0, 0.05) is 37.8 Å². The molecule has 0 radical (unpaired) electrons. The molecule has 1 saturated heterocycles. The molecule has 1 N–H and O–H groups in total. The Kier molecular flexibility index (Phi) is 3.98. The van der Waals surface area contributed by atoms with E-state index in [9.17, 15) is 13.2 Å². The van der Waals surface area contributed by atoms with Crippen molar-refractivity contribution in [1.82, 2.24) is 15.3 Å². The molecule has 2 heterocycles. The molecule has 0 saturated carbocycles. The predicted octanol–water partition coefficient (Wildman–Crippen LogP) is 2.57. The van der Waals surface area contributed by atoms with Crippen molar-refractivity contribution in [2.75, 3.05) is 31.1 Å². The lowest BCUT2D eigenvalue weighted by Crippen LogP contribution is -2.44. The molecule has 1 aromatic carbocycles. The second-order valence-electron chi connectivity index (χ2n) is 5.04. The molecule has 0 bridgehead atoms. The highest BCUT2D eigenvalue weighted by Crippen LogP contribution is 2.31. The van der Waals surface area contributed by atoms with Crippen LogP contribution in [-0.2, 0) is 6.18 Å². The van der Waals surface area contributed by atoms with Crippen LogP contribution in [-0.4, -0.2) is 36.1 Å². The van der Waals surface area contributed by atoms with Gasteiger partial charge >= 0.3 is 6.18 Å². The van der Waals surface area contributed by atoms with Crippen LogP contribution >= 0.6 is 0 Å². The molecule has 1 aliphatic heterocycles. The maximum atomic E-state index is 13.1. The molecule has 1 aliphatic rings. The summed E-state index contributed by atoms with van der Waals surface area (Å²) < 4.78 is 39.3. The number of alkyl halides is 3. The van der Waals surface area contributed by atoms with E-state index in [0.29, 0.717) is 24.5 Å². The van der Waals surface area contributed by atoms with Gasteiger partial charge in [0.15, 0.2) is 11.5 Å². The van der Waals surface area contributed by atoms with Crippen LogP contribution in [0.5, 0.6) is 0 Å². The average molecular weight is 308 g/mol. The SMILES string of the molecule is FC(F)(F)c1cc(N2CCNCC2)nc(-c2ccccc2)n1. The van der Waals surface area contributed by atoms with E-state index in [-0.39, 0.29) is 5.82 Å². The van der Waals surface area contributed by atoms with E-state index in [1.165, 1.54) is 0 Å². The molecule has 2 aromatic rings. The monoisotopic (exact) mass is 308 g/mol. The van der Waals surface area contributed by atoms with E-state index in [1.54, 1.807) is 30.3 Å². The summed E-state index contributed by atoms with van der Waals surface area (Å²) in [6, 6.07) is 9.74. The fourth-order valence-corrected chi connectivity index (χ4v) is 2.35. The van der Waals surface area contributed by atoms with Crippen molar-refractivity contribution in [3.63, 3.8) is 0 Å². The molecule has 0 amide bonds. The molecule has 0 aliphatic carbocycles. The smallest absolute Gasteiger partial charge is 0.354 e. The third kappa shape index (κ3) is 3.19. The highest BCUT2D eigenvalue weighted by atomic mass is 19.4. The maximum absolute atomic E-state index is 13.1. The van der Waals surface area contributed by atoms with E-state index >= 15 is 0 Å². The summed E-state index contributed by atoms with van der Waals surface area (Å²) in [7, 11) is 0. The highest BCUT2D eigenvalue weighted by Gasteiger charge is 2.34. The van der Waals surface area contributed by atoms with Crippen molar-refractivity contribution in [3.8, 4) is 11.4 Å². The first-order valence-electron chi connectivity index (χ1n) is 7.01. The maximum Gasteiger partial charge on any atom is 0.433 e. The number of benzene rings is 1. The van der Waals surface area contributed by atoms with Gasteiger partial charge in [-0.3, -0.25) is 0 Å². The Morgan fingerprint density at radius 1 is 1.00 bits per heavy atom. The molecule has 0 unspecified atom stereocenters. The van der Waals surface area contributed by atoms with Gasteiger partial charge in [-0.1, -0.05) is 30.3 Å². The lowest BCUT2D eigenvalue weighted by Gasteiger charge is -2.29. The van der Waals surface area contributed by atoms with Gasteiger partial charge < -0.3 is 10.2 Å². The van der Waals surface area contributed by atoms with Crippen LogP contribution in [0.2, 0.25) is 0 Å². The van der Waals surface area contributed by atoms with Gasteiger partial charge in [0.25, 0.3) is 0 Å². The molecule has 4 nitrogen and oxygen atoms in total. The summed E-state index contributed by atoms with van der Waals surface area (Å²) in [5.74, 6) is 0.423. The highest BCUT2D eigenvalue weighted by molar-refractivity contribution is 5.58. The van der Waals surface area contributed by atoms with Gasteiger partial charge in [-0.25, -0.2) is 9.97 Å². The average Bonchev–Trinajstić information content (AvgIpc) is 2.55. The number of anilines is 1. The van der Waals surface area contributed by atoms with Gasteiger partial charge in [-0.15, -0.1) is 0 Å². The van der Waals surface area contributed by atoms with Crippen molar-refractivity contribution in [2.45, 2.75) is 6.18 Å². The van der Waals surface area contributed by atoms with E-state index in [4.69, 9.17) is 0 Å². The molecular formula is C15H15F3N4. The van der Waals surface area contributed by atoms with E-state index in [1.807, 2.05) is 4.90 Å². The standard InChI is InChI=1S/C15H15F3N4/c16-15(17,18)12-10-13(22-8-6-19-7-9-22)21-14(20-12)11-4-2-1-3-5-11/h1-5,10,19H,6-9H2. The first-order valence-corrected chi connectivity index (χ1v) is 7.01. The number of nitrogens with one attached hydrogen (secondary N) is 1. The first kappa shape index (κ1) is 14.8.